The Hall–Kier alpha value is -4.24. The van der Waals surface area contributed by atoms with Gasteiger partial charge in [0.15, 0.2) is 5.78 Å². The van der Waals surface area contributed by atoms with E-state index in [1.54, 1.807) is 12.3 Å². The summed E-state index contributed by atoms with van der Waals surface area (Å²) in [6.07, 6.45) is 1.94. The maximum Gasteiger partial charge on any atom is 0.185 e. The summed E-state index contributed by atoms with van der Waals surface area (Å²) in [4.78, 5) is 21.2. The standard InChI is InChI=1S/C23H15N5O/c24-13-17-9-15(6-7-25-17)23-18-10-16-11-21(26-19(16)12-20(18)27-28-23)22(29)8-14-4-2-1-3-5-14/h1-7,9-12,27-28H,8H2. The maximum absolute atomic E-state index is 12.7. The van der Waals surface area contributed by atoms with E-state index in [9.17, 15) is 4.79 Å². The number of fused-ring (bicyclic) bond motifs is 2. The van der Waals surface area contributed by atoms with Crippen LogP contribution in [0.1, 0.15) is 21.7 Å². The number of rotatable bonds is 4. The van der Waals surface area contributed by atoms with Crippen molar-refractivity contribution in [3.8, 4) is 17.3 Å². The highest BCUT2D eigenvalue weighted by molar-refractivity contribution is 6.05. The first-order valence-electron chi connectivity index (χ1n) is 9.16. The van der Waals surface area contributed by atoms with Gasteiger partial charge in [0.05, 0.1) is 16.7 Å². The minimum atomic E-state index is -0.00403. The van der Waals surface area contributed by atoms with Crippen LogP contribution in [0.15, 0.2) is 66.9 Å². The molecule has 5 aromatic rings. The van der Waals surface area contributed by atoms with Gasteiger partial charge in [-0.1, -0.05) is 30.3 Å². The lowest BCUT2D eigenvalue weighted by Crippen LogP contribution is -2.03. The zero-order valence-electron chi connectivity index (χ0n) is 15.3. The first kappa shape index (κ1) is 16.9. The number of nitrogens with zero attached hydrogens (tertiary/aromatic N) is 3. The molecule has 5 rings (SSSR count). The maximum atomic E-state index is 12.7. The lowest BCUT2D eigenvalue weighted by atomic mass is 10.1. The molecule has 6 heteroatoms. The van der Waals surface area contributed by atoms with Gasteiger partial charge in [0, 0.05) is 29.0 Å². The molecule has 138 valence electrons. The second kappa shape index (κ2) is 6.73. The molecule has 0 saturated carbocycles. The number of ketones is 1. The molecule has 0 spiro atoms. The van der Waals surface area contributed by atoms with Gasteiger partial charge in [-0.2, -0.15) is 5.26 Å². The van der Waals surface area contributed by atoms with Crippen molar-refractivity contribution in [3.05, 3.63) is 83.8 Å². The minimum absolute atomic E-state index is 0.00403. The van der Waals surface area contributed by atoms with Crippen LogP contribution in [0.4, 0.5) is 0 Å². The predicted octanol–water partition coefficient (Wildman–Crippen LogP) is 4.40. The molecule has 0 amide bonds. The number of hydrogen-bond donors (Lipinski definition) is 2. The predicted molar refractivity (Wildman–Crippen MR) is 110 cm³/mol. The molecular weight excluding hydrogens is 362 g/mol. The summed E-state index contributed by atoms with van der Waals surface area (Å²) in [5.41, 5.74) is 5.17. The Morgan fingerprint density at radius 1 is 1.03 bits per heavy atom. The molecule has 29 heavy (non-hydrogen) atoms. The number of Topliss-reactive ketones (excluding diaryl/α,β-unsaturated/α-hetero) is 1. The first-order chi connectivity index (χ1) is 14.2. The molecule has 0 aliphatic rings. The number of H-pyrrole nitrogens is 2. The SMILES string of the molecule is N#Cc1cc(-c2[nH][nH]c3cc4nc(C(=O)Cc5ccccc5)cc4cc23)ccn1. The summed E-state index contributed by atoms with van der Waals surface area (Å²) >= 11 is 0. The van der Waals surface area contributed by atoms with Crippen LogP contribution in [0.5, 0.6) is 0 Å². The fourth-order valence-electron chi connectivity index (χ4n) is 3.52. The summed E-state index contributed by atoms with van der Waals surface area (Å²) in [6.45, 7) is 0. The van der Waals surface area contributed by atoms with Crippen molar-refractivity contribution in [3.63, 3.8) is 0 Å². The molecule has 0 atom stereocenters. The number of carbonyl (C=O) groups excluding carboxylic acids is 1. The van der Waals surface area contributed by atoms with E-state index in [0.717, 1.165) is 38.6 Å². The summed E-state index contributed by atoms with van der Waals surface area (Å²) in [6, 6.07) is 21.1. The molecule has 6 nitrogen and oxygen atoms in total. The Kier molecular flexibility index (Phi) is 3.92. The molecule has 3 aromatic heterocycles. The van der Waals surface area contributed by atoms with E-state index in [2.05, 4.69) is 26.2 Å². The van der Waals surface area contributed by atoms with Gasteiger partial charge in [-0.15, -0.1) is 0 Å². The van der Waals surface area contributed by atoms with Crippen molar-refractivity contribution in [2.24, 2.45) is 0 Å². The highest BCUT2D eigenvalue weighted by Gasteiger charge is 2.15. The first-order valence-corrected chi connectivity index (χ1v) is 9.16. The normalized spacial score (nSPS) is 11.0. The van der Waals surface area contributed by atoms with Crippen LogP contribution in [0.3, 0.4) is 0 Å². The van der Waals surface area contributed by atoms with Crippen molar-refractivity contribution >= 4 is 27.6 Å². The second-order valence-electron chi connectivity index (χ2n) is 6.85. The molecule has 2 N–H and O–H groups in total. The van der Waals surface area contributed by atoms with Crippen LogP contribution in [-0.4, -0.2) is 25.9 Å². The summed E-state index contributed by atoms with van der Waals surface area (Å²) < 4.78 is 0. The third-order valence-corrected chi connectivity index (χ3v) is 4.95. The van der Waals surface area contributed by atoms with Crippen LogP contribution in [-0.2, 0) is 6.42 Å². The number of nitrogens with one attached hydrogen (secondary N) is 2. The molecule has 0 aliphatic carbocycles. The number of benzene rings is 2. The van der Waals surface area contributed by atoms with E-state index >= 15 is 0 Å². The highest BCUT2D eigenvalue weighted by Crippen LogP contribution is 2.30. The number of nitriles is 1. The molecule has 0 unspecified atom stereocenters. The number of carbonyl (C=O) groups is 1. The largest absolute Gasteiger partial charge is 0.300 e. The van der Waals surface area contributed by atoms with E-state index in [0.29, 0.717) is 17.8 Å². The van der Waals surface area contributed by atoms with Crippen LogP contribution >= 0.6 is 0 Å². The molecule has 0 bridgehead atoms. The quantitative estimate of drug-likeness (QED) is 0.453. The van der Waals surface area contributed by atoms with E-state index in [4.69, 9.17) is 5.26 Å². The Labute approximate surface area is 165 Å². The van der Waals surface area contributed by atoms with Crippen LogP contribution in [0, 0.1) is 11.3 Å². The van der Waals surface area contributed by atoms with Gasteiger partial charge in [-0.25, -0.2) is 9.97 Å². The van der Waals surface area contributed by atoms with Crippen molar-refractivity contribution in [2.45, 2.75) is 6.42 Å². The average Bonchev–Trinajstić information content (AvgIpc) is 3.36. The van der Waals surface area contributed by atoms with Gasteiger partial charge in [-0.05, 0) is 35.9 Å². The van der Waals surface area contributed by atoms with Crippen molar-refractivity contribution in [1.82, 2.24) is 20.2 Å². The molecule has 0 fully saturated rings. The molecule has 0 saturated heterocycles. The third kappa shape index (κ3) is 3.05. The van der Waals surface area contributed by atoms with Crippen molar-refractivity contribution < 1.29 is 4.79 Å². The number of aromatic amines is 2. The molecule has 3 heterocycles. The monoisotopic (exact) mass is 377 g/mol. The average molecular weight is 377 g/mol. The van der Waals surface area contributed by atoms with Crippen LogP contribution in [0.25, 0.3) is 33.1 Å². The van der Waals surface area contributed by atoms with Gasteiger partial charge in [0.1, 0.15) is 17.5 Å². The van der Waals surface area contributed by atoms with Gasteiger partial charge in [0.25, 0.3) is 0 Å². The zero-order chi connectivity index (χ0) is 19.8. The Morgan fingerprint density at radius 2 is 1.90 bits per heavy atom. The summed E-state index contributed by atoms with van der Waals surface area (Å²) in [5.74, 6) is -0.00403. The Morgan fingerprint density at radius 3 is 2.72 bits per heavy atom. The van der Waals surface area contributed by atoms with Gasteiger partial charge < -0.3 is 5.10 Å². The smallest absolute Gasteiger partial charge is 0.185 e. The van der Waals surface area contributed by atoms with Crippen molar-refractivity contribution in [1.29, 1.82) is 5.26 Å². The van der Waals surface area contributed by atoms with E-state index in [1.165, 1.54) is 0 Å². The molecular formula is C23H15N5O. The van der Waals surface area contributed by atoms with E-state index in [1.807, 2.05) is 54.6 Å². The third-order valence-electron chi connectivity index (χ3n) is 4.95. The topological polar surface area (TPSA) is 98.2 Å². The molecule has 2 aromatic carbocycles. The Balaban J connectivity index is 1.55. The Bertz CT molecular complexity index is 1410. The zero-order valence-corrected chi connectivity index (χ0v) is 15.3. The van der Waals surface area contributed by atoms with E-state index < -0.39 is 0 Å². The molecule has 0 aliphatic heterocycles. The number of aromatic nitrogens is 4. The van der Waals surface area contributed by atoms with Gasteiger partial charge >= 0.3 is 0 Å². The fraction of sp³-hybridized carbons (Fsp3) is 0.0435. The van der Waals surface area contributed by atoms with Crippen LogP contribution < -0.4 is 0 Å². The fourth-order valence-corrected chi connectivity index (χ4v) is 3.52. The van der Waals surface area contributed by atoms with Gasteiger partial charge in [0.2, 0.25) is 0 Å². The van der Waals surface area contributed by atoms with Gasteiger partial charge in [-0.3, -0.25) is 9.89 Å². The number of pyridine rings is 1. The summed E-state index contributed by atoms with van der Waals surface area (Å²) in [7, 11) is 0. The second-order valence-corrected chi connectivity index (χ2v) is 6.85. The number of hydrogen-bond acceptors (Lipinski definition) is 4. The molecule has 0 radical (unpaired) electrons. The lowest BCUT2D eigenvalue weighted by Gasteiger charge is -1.99. The lowest BCUT2D eigenvalue weighted by molar-refractivity contribution is 0.0989. The minimum Gasteiger partial charge on any atom is -0.300 e. The highest BCUT2D eigenvalue weighted by atomic mass is 16.1. The summed E-state index contributed by atoms with van der Waals surface area (Å²) in [5, 5.41) is 17.3. The van der Waals surface area contributed by atoms with E-state index in [-0.39, 0.29) is 5.78 Å². The van der Waals surface area contributed by atoms with Crippen molar-refractivity contribution in [2.75, 3.05) is 0 Å². The van der Waals surface area contributed by atoms with Crippen LogP contribution in [0.2, 0.25) is 0 Å².